The van der Waals surface area contributed by atoms with Gasteiger partial charge in [0.15, 0.2) is 0 Å². The van der Waals surface area contributed by atoms with Crippen LogP contribution in [0, 0.1) is 19.8 Å². The molecule has 6 nitrogen and oxygen atoms in total. The SMILES string of the molecule is Cc1sc2ncnc(N3CCC(C(=O)N4CCOC(C)C4)CC3)c2c1C. The summed E-state index contributed by atoms with van der Waals surface area (Å²) in [4.78, 5) is 28.5. The number of carbonyl (C=O) groups is 1. The van der Waals surface area contributed by atoms with Crippen LogP contribution in [0.4, 0.5) is 5.82 Å². The number of morpholine rings is 1. The molecule has 2 fully saturated rings. The summed E-state index contributed by atoms with van der Waals surface area (Å²) in [7, 11) is 0. The molecule has 1 unspecified atom stereocenters. The van der Waals surface area contributed by atoms with E-state index in [1.54, 1.807) is 17.7 Å². The minimum Gasteiger partial charge on any atom is -0.375 e. The molecular formula is C19H26N4O2S. The van der Waals surface area contributed by atoms with Crippen LogP contribution in [0.2, 0.25) is 0 Å². The van der Waals surface area contributed by atoms with Gasteiger partial charge in [0, 0.05) is 37.0 Å². The lowest BCUT2D eigenvalue weighted by Gasteiger charge is -2.37. The molecule has 2 aliphatic rings. The number of aryl methyl sites for hydroxylation is 2. The van der Waals surface area contributed by atoms with Crippen LogP contribution in [0.1, 0.15) is 30.2 Å². The van der Waals surface area contributed by atoms with Crippen molar-refractivity contribution < 1.29 is 9.53 Å². The highest BCUT2D eigenvalue weighted by atomic mass is 32.1. The maximum Gasteiger partial charge on any atom is 0.225 e. The molecule has 0 radical (unpaired) electrons. The largest absolute Gasteiger partial charge is 0.375 e. The summed E-state index contributed by atoms with van der Waals surface area (Å²) in [5, 5.41) is 1.18. The monoisotopic (exact) mass is 374 g/mol. The Labute approximate surface area is 158 Å². The van der Waals surface area contributed by atoms with E-state index in [1.807, 2.05) is 11.8 Å². The van der Waals surface area contributed by atoms with Gasteiger partial charge in [-0.3, -0.25) is 4.79 Å². The average Bonchev–Trinajstić information content (AvgIpc) is 2.95. The number of aromatic nitrogens is 2. The van der Waals surface area contributed by atoms with Gasteiger partial charge in [-0.2, -0.15) is 0 Å². The van der Waals surface area contributed by atoms with Crippen molar-refractivity contribution in [3.8, 4) is 0 Å². The molecule has 2 aromatic rings. The summed E-state index contributed by atoms with van der Waals surface area (Å²) in [6.45, 7) is 10.2. The summed E-state index contributed by atoms with van der Waals surface area (Å²) in [5.41, 5.74) is 1.28. The second kappa shape index (κ2) is 7.12. The van der Waals surface area contributed by atoms with Gasteiger partial charge < -0.3 is 14.5 Å². The van der Waals surface area contributed by atoms with Gasteiger partial charge in [-0.15, -0.1) is 11.3 Å². The van der Waals surface area contributed by atoms with E-state index in [0.29, 0.717) is 12.5 Å². The number of piperidine rings is 1. The number of hydrogen-bond donors (Lipinski definition) is 0. The van der Waals surface area contributed by atoms with Crippen molar-refractivity contribution in [3.63, 3.8) is 0 Å². The van der Waals surface area contributed by atoms with Gasteiger partial charge in [0.2, 0.25) is 5.91 Å². The molecule has 4 rings (SSSR count). The first-order valence-corrected chi connectivity index (χ1v) is 10.2. The van der Waals surface area contributed by atoms with E-state index in [-0.39, 0.29) is 12.0 Å². The third kappa shape index (κ3) is 3.18. The fourth-order valence-electron chi connectivity index (χ4n) is 4.02. The lowest BCUT2D eigenvalue weighted by molar-refractivity contribution is -0.143. The van der Waals surface area contributed by atoms with Gasteiger partial charge >= 0.3 is 0 Å². The van der Waals surface area contributed by atoms with Crippen molar-refractivity contribution in [1.29, 1.82) is 0 Å². The molecule has 0 N–H and O–H groups in total. The molecule has 4 heterocycles. The van der Waals surface area contributed by atoms with Gasteiger partial charge in [0.25, 0.3) is 0 Å². The van der Waals surface area contributed by atoms with Crippen LogP contribution in [0.5, 0.6) is 0 Å². The van der Waals surface area contributed by atoms with Crippen molar-refractivity contribution in [3.05, 3.63) is 16.8 Å². The van der Waals surface area contributed by atoms with Crippen LogP contribution in [0.25, 0.3) is 10.2 Å². The Morgan fingerprint density at radius 2 is 2.00 bits per heavy atom. The molecule has 0 bridgehead atoms. The van der Waals surface area contributed by atoms with Gasteiger partial charge in [0.05, 0.1) is 18.1 Å². The minimum atomic E-state index is 0.124. The Hall–Kier alpha value is -1.73. The predicted octanol–water partition coefficient (Wildman–Crippen LogP) is 2.77. The smallest absolute Gasteiger partial charge is 0.225 e. The molecule has 0 aliphatic carbocycles. The van der Waals surface area contributed by atoms with Crippen LogP contribution >= 0.6 is 11.3 Å². The highest BCUT2D eigenvalue weighted by Crippen LogP contribution is 2.35. The topological polar surface area (TPSA) is 58.6 Å². The van der Waals surface area contributed by atoms with Gasteiger partial charge in [0.1, 0.15) is 17.0 Å². The second-order valence-electron chi connectivity index (χ2n) is 7.39. The number of ether oxygens (including phenoxy) is 1. The number of rotatable bonds is 2. The molecule has 2 aromatic heterocycles. The van der Waals surface area contributed by atoms with Crippen LogP contribution in [-0.2, 0) is 9.53 Å². The third-order valence-corrected chi connectivity index (χ3v) is 6.76. The average molecular weight is 375 g/mol. The van der Waals surface area contributed by atoms with Crippen molar-refractivity contribution in [2.75, 3.05) is 37.7 Å². The summed E-state index contributed by atoms with van der Waals surface area (Å²) >= 11 is 1.73. The van der Waals surface area contributed by atoms with Crippen LogP contribution in [-0.4, -0.2) is 59.7 Å². The molecule has 1 amide bonds. The zero-order valence-electron chi connectivity index (χ0n) is 15.7. The van der Waals surface area contributed by atoms with Crippen LogP contribution < -0.4 is 4.90 Å². The number of thiophene rings is 1. The molecular weight excluding hydrogens is 348 g/mol. The fourth-order valence-corrected chi connectivity index (χ4v) is 5.01. The maximum absolute atomic E-state index is 12.8. The predicted molar refractivity (Wildman–Crippen MR) is 104 cm³/mol. The van der Waals surface area contributed by atoms with E-state index in [4.69, 9.17) is 4.74 Å². The zero-order chi connectivity index (χ0) is 18.3. The number of anilines is 1. The molecule has 26 heavy (non-hydrogen) atoms. The first kappa shape index (κ1) is 17.7. The van der Waals surface area contributed by atoms with E-state index in [9.17, 15) is 4.79 Å². The van der Waals surface area contributed by atoms with Crippen molar-refractivity contribution in [2.24, 2.45) is 5.92 Å². The summed E-state index contributed by atoms with van der Waals surface area (Å²) in [5.74, 6) is 1.46. The number of amides is 1. The quantitative estimate of drug-likeness (QED) is 0.809. The molecule has 2 aliphatic heterocycles. The molecule has 7 heteroatoms. The summed E-state index contributed by atoms with van der Waals surface area (Å²) < 4.78 is 5.56. The minimum absolute atomic E-state index is 0.124. The first-order chi connectivity index (χ1) is 12.5. The summed E-state index contributed by atoms with van der Waals surface area (Å²) in [6, 6.07) is 0. The van der Waals surface area contributed by atoms with Crippen molar-refractivity contribution in [1.82, 2.24) is 14.9 Å². The van der Waals surface area contributed by atoms with Gasteiger partial charge in [-0.05, 0) is 39.2 Å². The molecule has 1 atom stereocenters. The number of nitrogens with zero attached hydrogens (tertiary/aromatic N) is 4. The lowest BCUT2D eigenvalue weighted by Crippen LogP contribution is -2.49. The molecule has 2 saturated heterocycles. The number of hydrogen-bond acceptors (Lipinski definition) is 6. The molecule has 0 saturated carbocycles. The Morgan fingerprint density at radius 3 is 2.73 bits per heavy atom. The van der Waals surface area contributed by atoms with Crippen molar-refractivity contribution in [2.45, 2.75) is 39.7 Å². The molecule has 0 spiro atoms. The Bertz CT molecular complexity index is 813. The summed E-state index contributed by atoms with van der Waals surface area (Å²) in [6.07, 6.45) is 3.59. The maximum atomic E-state index is 12.8. The highest BCUT2D eigenvalue weighted by molar-refractivity contribution is 7.18. The Kier molecular flexibility index (Phi) is 4.84. The third-order valence-electron chi connectivity index (χ3n) is 5.64. The van der Waals surface area contributed by atoms with E-state index < -0.39 is 0 Å². The van der Waals surface area contributed by atoms with Crippen LogP contribution in [0.15, 0.2) is 6.33 Å². The normalized spacial score (nSPS) is 22.2. The fraction of sp³-hybridized carbons (Fsp3) is 0.632. The van der Waals surface area contributed by atoms with Crippen LogP contribution in [0.3, 0.4) is 0 Å². The van der Waals surface area contributed by atoms with E-state index in [0.717, 1.165) is 49.7 Å². The van der Waals surface area contributed by atoms with Crippen molar-refractivity contribution >= 4 is 33.3 Å². The zero-order valence-corrected chi connectivity index (χ0v) is 16.5. The Morgan fingerprint density at radius 1 is 1.23 bits per heavy atom. The van der Waals surface area contributed by atoms with E-state index >= 15 is 0 Å². The Balaban J connectivity index is 1.46. The van der Waals surface area contributed by atoms with Gasteiger partial charge in [-0.1, -0.05) is 0 Å². The van der Waals surface area contributed by atoms with E-state index in [1.165, 1.54) is 15.8 Å². The van der Waals surface area contributed by atoms with Gasteiger partial charge in [-0.25, -0.2) is 9.97 Å². The number of carbonyl (C=O) groups excluding carboxylic acids is 1. The highest BCUT2D eigenvalue weighted by Gasteiger charge is 2.31. The first-order valence-electron chi connectivity index (χ1n) is 9.40. The second-order valence-corrected chi connectivity index (χ2v) is 8.59. The molecule has 140 valence electrons. The standard InChI is InChI=1S/C19H26N4O2S/c1-12-10-23(8-9-25-12)19(24)15-4-6-22(7-5-15)17-16-13(2)14(3)26-18(16)21-11-20-17/h11-12,15H,4-10H2,1-3H3. The molecule has 0 aromatic carbocycles. The number of fused-ring (bicyclic) bond motifs is 1. The van der Waals surface area contributed by atoms with E-state index in [2.05, 4.69) is 28.7 Å². The lowest BCUT2D eigenvalue weighted by atomic mass is 9.94.